The first-order valence-electron chi connectivity index (χ1n) is 9.66. The summed E-state index contributed by atoms with van der Waals surface area (Å²) in [6, 6.07) is 11.1. The first kappa shape index (κ1) is 22.9. The Labute approximate surface area is 183 Å². The van der Waals surface area contributed by atoms with Crippen LogP contribution in [0.25, 0.3) is 0 Å². The van der Waals surface area contributed by atoms with Gasteiger partial charge in [-0.1, -0.05) is 12.1 Å². The molecule has 3 rings (SSSR count). The molecule has 9 heteroatoms. The molecule has 0 amide bonds. The van der Waals surface area contributed by atoms with Crippen LogP contribution in [0.4, 0.5) is 8.78 Å². The standard InChI is InChI=1S/C23H21F2N3O4/c1-13-17(10-26)8-16(22(24)25)9-19(13)32-21-20(14(2)29)27-12-28(23(21)30)11-15-4-6-18(31-3)7-5-15/h4-9,12,14,22,29H,11H2,1-3H3. The molecule has 0 fully saturated rings. The minimum atomic E-state index is -2.83. The number of aromatic nitrogens is 2. The number of hydrogen-bond donors (Lipinski definition) is 1. The van der Waals surface area contributed by atoms with E-state index in [0.717, 1.165) is 17.7 Å². The number of ether oxygens (including phenoxy) is 2. The molecule has 166 valence electrons. The number of methoxy groups -OCH3 is 1. The van der Waals surface area contributed by atoms with Crippen molar-refractivity contribution >= 4 is 0 Å². The fraction of sp³-hybridized carbons (Fsp3) is 0.261. The van der Waals surface area contributed by atoms with Crippen LogP contribution in [0.2, 0.25) is 0 Å². The zero-order valence-electron chi connectivity index (χ0n) is 17.7. The van der Waals surface area contributed by atoms with Crippen molar-refractivity contribution in [3.8, 4) is 23.3 Å². The average Bonchev–Trinajstić information content (AvgIpc) is 2.77. The largest absolute Gasteiger partial charge is 0.497 e. The normalized spacial score (nSPS) is 11.8. The van der Waals surface area contributed by atoms with E-state index in [9.17, 15) is 23.9 Å². The minimum Gasteiger partial charge on any atom is -0.497 e. The highest BCUT2D eigenvalue weighted by atomic mass is 19.3. The number of benzene rings is 2. The van der Waals surface area contributed by atoms with Gasteiger partial charge in [-0.05, 0) is 43.7 Å². The van der Waals surface area contributed by atoms with Crippen molar-refractivity contribution in [2.45, 2.75) is 32.9 Å². The van der Waals surface area contributed by atoms with E-state index in [1.807, 2.05) is 6.07 Å². The lowest BCUT2D eigenvalue weighted by molar-refractivity contribution is 0.151. The summed E-state index contributed by atoms with van der Waals surface area (Å²) in [6.07, 6.45) is -2.70. The van der Waals surface area contributed by atoms with E-state index in [4.69, 9.17) is 9.47 Å². The van der Waals surface area contributed by atoms with Gasteiger partial charge in [0.15, 0.2) is 0 Å². The van der Waals surface area contributed by atoms with Gasteiger partial charge in [-0.25, -0.2) is 13.8 Å². The number of aliphatic hydroxyl groups is 1. The van der Waals surface area contributed by atoms with Gasteiger partial charge in [0.25, 0.3) is 12.0 Å². The van der Waals surface area contributed by atoms with Crippen molar-refractivity contribution in [2.24, 2.45) is 0 Å². The van der Waals surface area contributed by atoms with E-state index in [-0.39, 0.29) is 29.3 Å². The molecule has 1 heterocycles. The van der Waals surface area contributed by atoms with Gasteiger partial charge in [-0.15, -0.1) is 0 Å². The second kappa shape index (κ2) is 9.58. The van der Waals surface area contributed by atoms with Crippen LogP contribution in [0.3, 0.4) is 0 Å². The van der Waals surface area contributed by atoms with Gasteiger partial charge in [0, 0.05) is 11.1 Å². The smallest absolute Gasteiger partial charge is 0.297 e. The van der Waals surface area contributed by atoms with Gasteiger partial charge in [-0.3, -0.25) is 9.36 Å². The van der Waals surface area contributed by atoms with Crippen LogP contribution < -0.4 is 15.0 Å². The Morgan fingerprint density at radius 3 is 2.50 bits per heavy atom. The molecule has 1 unspecified atom stereocenters. The molecular weight excluding hydrogens is 420 g/mol. The Morgan fingerprint density at radius 1 is 1.25 bits per heavy atom. The Kier molecular flexibility index (Phi) is 6.85. The third kappa shape index (κ3) is 4.76. The highest BCUT2D eigenvalue weighted by molar-refractivity contribution is 5.50. The van der Waals surface area contributed by atoms with Gasteiger partial charge in [0.05, 0.1) is 37.7 Å². The Balaban J connectivity index is 2.07. The highest BCUT2D eigenvalue weighted by Crippen LogP contribution is 2.33. The molecule has 0 saturated heterocycles. The minimum absolute atomic E-state index is 0.00107. The number of aliphatic hydroxyl groups excluding tert-OH is 1. The van der Waals surface area contributed by atoms with Crippen molar-refractivity contribution in [1.82, 2.24) is 9.55 Å². The molecule has 0 aliphatic carbocycles. The Hall–Kier alpha value is -3.77. The maximum atomic E-state index is 13.3. The number of nitriles is 1. The van der Waals surface area contributed by atoms with E-state index < -0.39 is 23.7 Å². The predicted molar refractivity (Wildman–Crippen MR) is 112 cm³/mol. The molecule has 2 aromatic carbocycles. The van der Waals surface area contributed by atoms with Crippen molar-refractivity contribution in [1.29, 1.82) is 5.26 Å². The molecular formula is C23H21F2N3O4. The van der Waals surface area contributed by atoms with E-state index in [0.29, 0.717) is 11.3 Å². The summed E-state index contributed by atoms with van der Waals surface area (Å²) in [5.74, 6) is 0.284. The molecule has 0 radical (unpaired) electrons. The molecule has 3 aromatic rings. The van der Waals surface area contributed by atoms with Crippen LogP contribution in [0.1, 0.15) is 47.4 Å². The van der Waals surface area contributed by atoms with Crippen LogP contribution in [0.15, 0.2) is 47.5 Å². The first-order valence-corrected chi connectivity index (χ1v) is 9.66. The summed E-state index contributed by atoms with van der Waals surface area (Å²) in [4.78, 5) is 17.3. The number of alkyl halides is 2. The predicted octanol–water partition coefficient (Wildman–Crippen LogP) is 4.26. The molecule has 0 aliphatic rings. The van der Waals surface area contributed by atoms with Crippen molar-refractivity contribution in [3.05, 3.63) is 81.0 Å². The lowest BCUT2D eigenvalue weighted by atomic mass is 10.0. The number of halogens is 2. The summed E-state index contributed by atoms with van der Waals surface area (Å²) in [6.45, 7) is 3.09. The maximum Gasteiger partial charge on any atom is 0.297 e. The zero-order chi connectivity index (χ0) is 23.4. The fourth-order valence-corrected chi connectivity index (χ4v) is 3.08. The lowest BCUT2D eigenvalue weighted by Gasteiger charge is -2.17. The summed E-state index contributed by atoms with van der Waals surface area (Å²) in [5, 5.41) is 19.4. The Morgan fingerprint density at radius 2 is 1.94 bits per heavy atom. The van der Waals surface area contributed by atoms with Crippen molar-refractivity contribution in [2.75, 3.05) is 7.11 Å². The molecule has 0 spiro atoms. The second-order valence-corrected chi connectivity index (χ2v) is 7.12. The molecule has 7 nitrogen and oxygen atoms in total. The van der Waals surface area contributed by atoms with Gasteiger partial charge in [0.1, 0.15) is 17.2 Å². The molecule has 32 heavy (non-hydrogen) atoms. The van der Waals surface area contributed by atoms with Crippen molar-refractivity contribution < 1.29 is 23.4 Å². The van der Waals surface area contributed by atoms with E-state index in [1.54, 1.807) is 31.4 Å². The highest BCUT2D eigenvalue weighted by Gasteiger charge is 2.21. The van der Waals surface area contributed by atoms with Crippen LogP contribution >= 0.6 is 0 Å². The second-order valence-electron chi connectivity index (χ2n) is 7.12. The summed E-state index contributed by atoms with van der Waals surface area (Å²) in [5.41, 5.74) is 0.0157. The lowest BCUT2D eigenvalue weighted by Crippen LogP contribution is -2.24. The molecule has 1 atom stereocenters. The molecule has 1 aromatic heterocycles. The maximum absolute atomic E-state index is 13.3. The summed E-state index contributed by atoms with van der Waals surface area (Å²) < 4.78 is 38.7. The van der Waals surface area contributed by atoms with Crippen LogP contribution in [-0.2, 0) is 6.54 Å². The van der Waals surface area contributed by atoms with Gasteiger partial charge in [0.2, 0.25) is 5.75 Å². The van der Waals surface area contributed by atoms with Crippen LogP contribution in [-0.4, -0.2) is 21.8 Å². The van der Waals surface area contributed by atoms with Crippen LogP contribution in [0, 0.1) is 18.3 Å². The third-order valence-electron chi connectivity index (χ3n) is 4.90. The topological polar surface area (TPSA) is 97.4 Å². The molecule has 1 N–H and O–H groups in total. The number of nitrogens with zero attached hydrogens (tertiary/aromatic N) is 3. The van der Waals surface area contributed by atoms with Crippen LogP contribution in [0.5, 0.6) is 17.2 Å². The monoisotopic (exact) mass is 441 g/mol. The molecule has 0 bridgehead atoms. The zero-order valence-corrected chi connectivity index (χ0v) is 17.7. The van der Waals surface area contributed by atoms with Gasteiger partial charge >= 0.3 is 0 Å². The van der Waals surface area contributed by atoms with E-state index in [2.05, 4.69) is 4.98 Å². The summed E-state index contributed by atoms with van der Waals surface area (Å²) >= 11 is 0. The number of hydrogen-bond acceptors (Lipinski definition) is 6. The number of rotatable bonds is 7. The van der Waals surface area contributed by atoms with Gasteiger partial charge < -0.3 is 14.6 Å². The van der Waals surface area contributed by atoms with Crippen molar-refractivity contribution in [3.63, 3.8) is 0 Å². The average molecular weight is 441 g/mol. The quantitative estimate of drug-likeness (QED) is 0.588. The summed E-state index contributed by atoms with van der Waals surface area (Å²) in [7, 11) is 1.55. The third-order valence-corrected chi connectivity index (χ3v) is 4.90. The van der Waals surface area contributed by atoms with E-state index >= 15 is 0 Å². The fourth-order valence-electron chi connectivity index (χ4n) is 3.08. The Bertz CT molecular complexity index is 1220. The first-order chi connectivity index (χ1) is 15.2. The SMILES string of the molecule is COc1ccc(Cn2cnc(C(C)O)c(Oc3cc(C(F)F)cc(C#N)c3C)c2=O)cc1. The molecule has 0 saturated carbocycles. The van der Waals surface area contributed by atoms with E-state index in [1.165, 1.54) is 24.7 Å². The molecule has 0 aliphatic heterocycles. The van der Waals surface area contributed by atoms with Gasteiger partial charge in [-0.2, -0.15) is 5.26 Å².